The first kappa shape index (κ1) is 9.94. The van der Waals surface area contributed by atoms with Gasteiger partial charge in [0, 0.05) is 0 Å². The number of aliphatic carboxylic acids is 2. The number of carboxylic acid groups (broad SMARTS) is 2. The fourth-order valence-electron chi connectivity index (χ4n) is 0.774. The quantitative estimate of drug-likeness (QED) is 0.592. The van der Waals surface area contributed by atoms with Crippen molar-refractivity contribution in [2.75, 3.05) is 0 Å². The highest BCUT2D eigenvalue weighted by Crippen LogP contribution is 2.25. The summed E-state index contributed by atoms with van der Waals surface area (Å²) in [6.07, 6.45) is 0. The molecular weight excluding hydrogens is 148 g/mol. The van der Waals surface area contributed by atoms with E-state index in [0.717, 1.165) is 0 Å². The van der Waals surface area contributed by atoms with Gasteiger partial charge in [0.15, 0.2) is 5.92 Å². The monoisotopic (exact) mass is 159 g/mol. The first-order valence-corrected chi connectivity index (χ1v) is 3.08. The van der Waals surface area contributed by atoms with Crippen LogP contribution in [0.15, 0.2) is 0 Å². The van der Waals surface area contributed by atoms with Crippen LogP contribution in [-0.2, 0) is 9.59 Å². The van der Waals surface area contributed by atoms with Gasteiger partial charge in [0.05, 0.1) is 0 Å². The third-order valence-corrected chi connectivity index (χ3v) is 1.28. The highest BCUT2D eigenvalue weighted by Gasteiger charge is 2.37. The highest BCUT2D eigenvalue weighted by atomic mass is 16.4. The number of rotatable bonds is 3. The van der Waals surface area contributed by atoms with Crippen molar-refractivity contribution in [3.63, 3.8) is 0 Å². The Morgan fingerprint density at radius 1 is 1.27 bits per heavy atom. The lowest BCUT2D eigenvalue weighted by atomic mass is 9.81. The second-order valence-corrected chi connectivity index (χ2v) is 3.10. The second-order valence-electron chi connectivity index (χ2n) is 3.10. The Hall–Kier alpha value is -1.06. The van der Waals surface area contributed by atoms with Crippen molar-refractivity contribution < 1.29 is 19.8 Å². The Bertz CT molecular complexity index is 163. The molecular formula is C7H11O4. The Kier molecular flexibility index (Phi) is 2.62. The summed E-state index contributed by atoms with van der Waals surface area (Å²) >= 11 is 0. The van der Waals surface area contributed by atoms with Gasteiger partial charge < -0.3 is 10.2 Å². The molecule has 0 unspecified atom stereocenters. The van der Waals surface area contributed by atoms with Gasteiger partial charge in [-0.05, 0) is 12.3 Å². The van der Waals surface area contributed by atoms with Crippen molar-refractivity contribution in [2.45, 2.75) is 13.8 Å². The summed E-state index contributed by atoms with van der Waals surface area (Å²) in [5.41, 5.74) is -0.988. The second kappa shape index (κ2) is 2.90. The van der Waals surface area contributed by atoms with Crippen molar-refractivity contribution in [1.82, 2.24) is 0 Å². The zero-order chi connectivity index (χ0) is 9.23. The van der Waals surface area contributed by atoms with E-state index in [1.807, 2.05) is 0 Å². The van der Waals surface area contributed by atoms with Crippen LogP contribution in [-0.4, -0.2) is 22.2 Å². The standard InChI is InChI=1S/C7H11O4/c1-7(2,3)4(5(8)9)6(10)11/h4H,1H2,2-3H3,(H,8,9)(H,10,11). The van der Waals surface area contributed by atoms with Crippen molar-refractivity contribution in [3.05, 3.63) is 6.92 Å². The van der Waals surface area contributed by atoms with E-state index in [2.05, 4.69) is 6.92 Å². The molecule has 4 nitrogen and oxygen atoms in total. The predicted octanol–water partition coefficient (Wildman–Crippen LogP) is 0.632. The maximum Gasteiger partial charge on any atom is 0.318 e. The summed E-state index contributed by atoms with van der Waals surface area (Å²) in [5.74, 6) is -4.14. The lowest BCUT2D eigenvalue weighted by molar-refractivity contribution is -0.158. The molecule has 0 aromatic heterocycles. The first-order valence-electron chi connectivity index (χ1n) is 3.08. The molecule has 0 spiro atoms. The van der Waals surface area contributed by atoms with Crippen LogP contribution in [0.3, 0.4) is 0 Å². The van der Waals surface area contributed by atoms with Crippen molar-refractivity contribution in [1.29, 1.82) is 0 Å². The molecule has 0 aromatic carbocycles. The molecule has 11 heavy (non-hydrogen) atoms. The lowest BCUT2D eigenvalue weighted by Gasteiger charge is -2.22. The van der Waals surface area contributed by atoms with Crippen LogP contribution in [0.5, 0.6) is 0 Å². The summed E-state index contributed by atoms with van der Waals surface area (Å²) in [7, 11) is 0. The van der Waals surface area contributed by atoms with Crippen LogP contribution in [0.1, 0.15) is 13.8 Å². The van der Waals surface area contributed by atoms with E-state index in [1.54, 1.807) is 0 Å². The zero-order valence-corrected chi connectivity index (χ0v) is 6.50. The predicted molar refractivity (Wildman–Crippen MR) is 37.9 cm³/mol. The van der Waals surface area contributed by atoms with E-state index in [-0.39, 0.29) is 0 Å². The van der Waals surface area contributed by atoms with Crippen molar-refractivity contribution in [2.24, 2.45) is 11.3 Å². The molecule has 0 amide bonds. The van der Waals surface area contributed by atoms with E-state index in [9.17, 15) is 9.59 Å². The van der Waals surface area contributed by atoms with Crippen LogP contribution in [0.2, 0.25) is 0 Å². The van der Waals surface area contributed by atoms with Gasteiger partial charge in [0.1, 0.15) is 0 Å². The zero-order valence-electron chi connectivity index (χ0n) is 6.50. The number of carboxylic acids is 2. The number of hydrogen-bond acceptors (Lipinski definition) is 2. The molecule has 0 heterocycles. The maximum atomic E-state index is 10.4. The molecule has 0 rings (SSSR count). The van der Waals surface area contributed by atoms with Crippen molar-refractivity contribution >= 4 is 11.9 Å². The first-order chi connectivity index (χ1) is 4.76. The summed E-state index contributed by atoms with van der Waals surface area (Å²) in [4.78, 5) is 20.7. The molecule has 0 atom stereocenters. The van der Waals surface area contributed by atoms with Gasteiger partial charge in [0.2, 0.25) is 0 Å². The minimum absolute atomic E-state index is 0.988. The van der Waals surface area contributed by atoms with E-state index in [1.165, 1.54) is 13.8 Å². The molecule has 2 N–H and O–H groups in total. The molecule has 0 saturated carbocycles. The molecule has 0 saturated heterocycles. The normalized spacial score (nSPS) is 11.6. The molecule has 0 aliphatic rings. The van der Waals surface area contributed by atoms with E-state index >= 15 is 0 Å². The van der Waals surface area contributed by atoms with Crippen LogP contribution in [0.25, 0.3) is 0 Å². The van der Waals surface area contributed by atoms with Crippen LogP contribution in [0.4, 0.5) is 0 Å². The van der Waals surface area contributed by atoms with Gasteiger partial charge in [-0.15, -0.1) is 0 Å². The van der Waals surface area contributed by atoms with E-state index in [4.69, 9.17) is 10.2 Å². The Balaban J connectivity index is 4.63. The maximum absolute atomic E-state index is 10.4. The Morgan fingerprint density at radius 3 is 1.55 bits per heavy atom. The molecule has 0 fully saturated rings. The molecule has 1 radical (unpaired) electrons. The van der Waals surface area contributed by atoms with Gasteiger partial charge in [-0.3, -0.25) is 9.59 Å². The molecule has 0 aliphatic heterocycles. The summed E-state index contributed by atoms with van der Waals surface area (Å²) < 4.78 is 0. The number of carbonyl (C=O) groups is 2. The fraction of sp³-hybridized carbons (Fsp3) is 0.571. The largest absolute Gasteiger partial charge is 0.481 e. The average molecular weight is 159 g/mol. The van der Waals surface area contributed by atoms with Crippen LogP contribution >= 0.6 is 0 Å². The van der Waals surface area contributed by atoms with Crippen molar-refractivity contribution in [3.8, 4) is 0 Å². The van der Waals surface area contributed by atoms with E-state index < -0.39 is 23.3 Å². The number of hydrogen-bond donors (Lipinski definition) is 2. The molecule has 0 aromatic rings. The molecule has 0 bridgehead atoms. The topological polar surface area (TPSA) is 74.6 Å². The van der Waals surface area contributed by atoms with E-state index in [0.29, 0.717) is 0 Å². The van der Waals surface area contributed by atoms with Gasteiger partial charge in [-0.25, -0.2) is 0 Å². The van der Waals surface area contributed by atoms with Crippen LogP contribution in [0, 0.1) is 18.3 Å². The Morgan fingerprint density at radius 2 is 1.55 bits per heavy atom. The fourth-order valence-corrected chi connectivity index (χ4v) is 0.774. The van der Waals surface area contributed by atoms with Crippen LogP contribution < -0.4 is 0 Å². The van der Waals surface area contributed by atoms with Gasteiger partial charge in [0.25, 0.3) is 0 Å². The molecule has 4 heteroatoms. The lowest BCUT2D eigenvalue weighted by Crippen LogP contribution is -2.35. The smallest absolute Gasteiger partial charge is 0.318 e. The van der Waals surface area contributed by atoms with Gasteiger partial charge in [-0.1, -0.05) is 13.8 Å². The third kappa shape index (κ3) is 2.57. The molecule has 63 valence electrons. The summed E-state index contributed by atoms with van der Waals surface area (Å²) in [6, 6.07) is 0. The average Bonchev–Trinajstić information content (AvgIpc) is 1.54. The molecule has 0 aliphatic carbocycles. The van der Waals surface area contributed by atoms with Gasteiger partial charge >= 0.3 is 11.9 Å². The SMILES string of the molecule is [CH2]C(C)(C)C(C(=O)O)C(=O)O. The third-order valence-electron chi connectivity index (χ3n) is 1.28. The summed E-state index contributed by atoms with van der Waals surface area (Å²) in [6.45, 7) is 6.40. The summed E-state index contributed by atoms with van der Waals surface area (Å²) in [5, 5.41) is 16.9. The minimum Gasteiger partial charge on any atom is -0.481 e. The highest BCUT2D eigenvalue weighted by molar-refractivity contribution is 5.93. The Labute approximate surface area is 64.8 Å². The minimum atomic E-state index is -1.44. The van der Waals surface area contributed by atoms with Gasteiger partial charge in [-0.2, -0.15) is 0 Å².